The molecule has 4 rings (SSSR count). The van der Waals surface area contributed by atoms with Crippen LogP contribution < -0.4 is 10.1 Å². The molecule has 1 amide bonds. The predicted octanol–water partition coefficient (Wildman–Crippen LogP) is 6.80. The zero-order chi connectivity index (χ0) is 23.9. The lowest BCUT2D eigenvalue weighted by Crippen LogP contribution is -2.16. The highest BCUT2D eigenvalue weighted by atomic mass is 32.2. The fraction of sp³-hybridized carbons (Fsp3) is 0.148. The van der Waals surface area contributed by atoms with Crippen LogP contribution in [0.2, 0.25) is 0 Å². The number of carbonyl (C=O) groups is 1. The van der Waals surface area contributed by atoms with Gasteiger partial charge in [0.05, 0.1) is 17.7 Å². The lowest BCUT2D eigenvalue weighted by atomic mass is 10.2. The number of nitrogens with zero attached hydrogens (tertiary/aromatic N) is 2. The van der Waals surface area contributed by atoms with Crippen LogP contribution in [0.15, 0.2) is 93.9 Å². The summed E-state index contributed by atoms with van der Waals surface area (Å²) in [4.78, 5) is 24.2. The van der Waals surface area contributed by atoms with Gasteiger partial charge < -0.3 is 10.1 Å². The molecule has 0 radical (unpaired) electrons. The third kappa shape index (κ3) is 6.18. The molecular weight excluding hydrogens is 462 g/mol. The van der Waals surface area contributed by atoms with Crippen LogP contribution in [0.5, 0.6) is 5.75 Å². The molecule has 0 aliphatic rings. The second-order valence-electron chi connectivity index (χ2n) is 7.71. The molecule has 0 atom stereocenters. The molecule has 5 nitrogen and oxygen atoms in total. The molecule has 0 bridgehead atoms. The van der Waals surface area contributed by atoms with E-state index in [0.29, 0.717) is 27.2 Å². The molecule has 1 N–H and O–H groups in total. The molecular formula is C27H25N3O2S2. The summed E-state index contributed by atoms with van der Waals surface area (Å²) >= 11 is 2.98. The van der Waals surface area contributed by atoms with Gasteiger partial charge in [0.15, 0.2) is 5.16 Å². The Morgan fingerprint density at radius 2 is 1.76 bits per heavy atom. The van der Waals surface area contributed by atoms with E-state index in [2.05, 4.69) is 40.4 Å². The second-order valence-corrected chi connectivity index (χ2v) is 9.77. The van der Waals surface area contributed by atoms with E-state index in [1.807, 2.05) is 49.4 Å². The van der Waals surface area contributed by atoms with Crippen LogP contribution in [-0.4, -0.2) is 23.0 Å². The van der Waals surface area contributed by atoms with Gasteiger partial charge in [-0.1, -0.05) is 83.2 Å². The summed E-state index contributed by atoms with van der Waals surface area (Å²) in [5.41, 5.74) is 4.50. The standard InChI is InChI=1S/C27H25N3O2S2/c1-18-11-13-21(14-12-18)34-24-16-28-27(33-17-20-8-6-7-19(2)15-20)30-25(24)26(31)29-22-9-4-5-10-23(22)32-3/h4-16H,17H2,1-3H3,(H,29,31). The zero-order valence-electron chi connectivity index (χ0n) is 19.2. The van der Waals surface area contributed by atoms with Crippen LogP contribution in [0, 0.1) is 13.8 Å². The molecule has 1 aromatic heterocycles. The molecule has 172 valence electrons. The maximum absolute atomic E-state index is 13.3. The topological polar surface area (TPSA) is 64.1 Å². The van der Waals surface area contributed by atoms with Crippen LogP contribution in [0.1, 0.15) is 27.2 Å². The normalized spacial score (nSPS) is 10.7. The van der Waals surface area contributed by atoms with E-state index in [1.54, 1.807) is 25.4 Å². The predicted molar refractivity (Wildman–Crippen MR) is 139 cm³/mol. The third-order valence-corrected chi connectivity index (χ3v) is 6.96. The van der Waals surface area contributed by atoms with E-state index < -0.39 is 0 Å². The Morgan fingerprint density at radius 3 is 2.53 bits per heavy atom. The number of para-hydroxylation sites is 2. The van der Waals surface area contributed by atoms with Crippen molar-refractivity contribution in [2.24, 2.45) is 0 Å². The Morgan fingerprint density at radius 1 is 0.971 bits per heavy atom. The summed E-state index contributed by atoms with van der Waals surface area (Å²) in [5.74, 6) is 1.00. The second kappa shape index (κ2) is 11.2. The number of benzene rings is 3. The fourth-order valence-electron chi connectivity index (χ4n) is 3.27. The van der Waals surface area contributed by atoms with Gasteiger partial charge in [-0.15, -0.1) is 0 Å². The van der Waals surface area contributed by atoms with Gasteiger partial charge in [-0.05, 0) is 43.7 Å². The van der Waals surface area contributed by atoms with Gasteiger partial charge in [-0.3, -0.25) is 4.79 Å². The first-order valence-electron chi connectivity index (χ1n) is 10.8. The lowest BCUT2D eigenvalue weighted by molar-refractivity contribution is 0.101. The van der Waals surface area contributed by atoms with Crippen molar-refractivity contribution in [3.63, 3.8) is 0 Å². The summed E-state index contributed by atoms with van der Waals surface area (Å²) in [6, 6.07) is 23.8. The number of methoxy groups -OCH3 is 1. The third-order valence-electron chi connectivity index (χ3n) is 5.00. The summed E-state index contributed by atoms with van der Waals surface area (Å²) in [6.45, 7) is 4.12. The van der Waals surface area contributed by atoms with Gasteiger partial charge in [0, 0.05) is 16.8 Å². The van der Waals surface area contributed by atoms with E-state index in [9.17, 15) is 4.79 Å². The minimum absolute atomic E-state index is 0.307. The monoisotopic (exact) mass is 487 g/mol. The number of aryl methyl sites for hydroxylation is 2. The quantitative estimate of drug-likeness (QED) is 0.218. The molecule has 0 fully saturated rings. The van der Waals surface area contributed by atoms with Crippen LogP contribution >= 0.6 is 23.5 Å². The number of hydrogen-bond donors (Lipinski definition) is 1. The number of anilines is 1. The Bertz CT molecular complexity index is 1290. The molecule has 0 saturated carbocycles. The number of ether oxygens (including phenoxy) is 1. The summed E-state index contributed by atoms with van der Waals surface area (Å²) in [6.07, 6.45) is 1.73. The number of thioether (sulfide) groups is 1. The van der Waals surface area contributed by atoms with E-state index in [-0.39, 0.29) is 5.91 Å². The minimum Gasteiger partial charge on any atom is -0.495 e. The number of rotatable bonds is 8. The largest absolute Gasteiger partial charge is 0.495 e. The molecule has 0 unspecified atom stereocenters. The van der Waals surface area contributed by atoms with Crippen LogP contribution in [-0.2, 0) is 5.75 Å². The van der Waals surface area contributed by atoms with Crippen molar-refractivity contribution in [3.05, 3.63) is 101 Å². The van der Waals surface area contributed by atoms with Gasteiger partial charge in [0.25, 0.3) is 5.91 Å². The first-order chi connectivity index (χ1) is 16.5. The maximum Gasteiger partial charge on any atom is 0.275 e. The van der Waals surface area contributed by atoms with Gasteiger partial charge in [0.1, 0.15) is 11.4 Å². The van der Waals surface area contributed by atoms with Gasteiger partial charge in [-0.2, -0.15) is 0 Å². The number of nitrogens with one attached hydrogen (secondary N) is 1. The summed E-state index contributed by atoms with van der Waals surface area (Å²) in [7, 11) is 1.58. The molecule has 0 aliphatic carbocycles. The van der Waals surface area contributed by atoms with Crippen molar-refractivity contribution in [3.8, 4) is 5.75 Å². The first-order valence-corrected chi connectivity index (χ1v) is 12.6. The lowest BCUT2D eigenvalue weighted by Gasteiger charge is -2.12. The van der Waals surface area contributed by atoms with E-state index in [0.717, 1.165) is 10.6 Å². The van der Waals surface area contributed by atoms with Crippen molar-refractivity contribution in [1.82, 2.24) is 9.97 Å². The van der Waals surface area contributed by atoms with Gasteiger partial charge in [-0.25, -0.2) is 9.97 Å². The smallest absolute Gasteiger partial charge is 0.275 e. The average molecular weight is 488 g/mol. The highest BCUT2D eigenvalue weighted by Gasteiger charge is 2.18. The first kappa shape index (κ1) is 23.9. The van der Waals surface area contributed by atoms with Gasteiger partial charge in [0.2, 0.25) is 0 Å². The maximum atomic E-state index is 13.3. The highest BCUT2D eigenvalue weighted by Crippen LogP contribution is 2.32. The Hall–Kier alpha value is -3.29. The van der Waals surface area contributed by atoms with Crippen molar-refractivity contribution in [2.75, 3.05) is 12.4 Å². The molecule has 0 saturated heterocycles. The van der Waals surface area contributed by atoms with Crippen molar-refractivity contribution in [2.45, 2.75) is 34.5 Å². The van der Waals surface area contributed by atoms with Crippen LogP contribution in [0.25, 0.3) is 0 Å². The van der Waals surface area contributed by atoms with Crippen molar-refractivity contribution in [1.29, 1.82) is 0 Å². The molecule has 0 aliphatic heterocycles. The summed E-state index contributed by atoms with van der Waals surface area (Å²) < 4.78 is 5.38. The zero-order valence-corrected chi connectivity index (χ0v) is 20.9. The minimum atomic E-state index is -0.307. The SMILES string of the molecule is COc1ccccc1NC(=O)c1nc(SCc2cccc(C)c2)ncc1Sc1ccc(C)cc1. The van der Waals surface area contributed by atoms with Crippen LogP contribution in [0.4, 0.5) is 5.69 Å². The number of carbonyl (C=O) groups excluding carboxylic acids is 1. The molecule has 4 aromatic rings. The van der Waals surface area contributed by atoms with Gasteiger partial charge >= 0.3 is 0 Å². The molecule has 1 heterocycles. The van der Waals surface area contributed by atoms with Crippen LogP contribution in [0.3, 0.4) is 0 Å². The van der Waals surface area contributed by atoms with Crippen molar-refractivity contribution < 1.29 is 9.53 Å². The average Bonchev–Trinajstić information content (AvgIpc) is 2.85. The number of hydrogen-bond acceptors (Lipinski definition) is 6. The molecule has 7 heteroatoms. The fourth-order valence-corrected chi connectivity index (χ4v) is 4.90. The number of aromatic nitrogens is 2. The molecule has 34 heavy (non-hydrogen) atoms. The highest BCUT2D eigenvalue weighted by molar-refractivity contribution is 7.99. The number of amides is 1. The molecule has 0 spiro atoms. The Kier molecular flexibility index (Phi) is 7.87. The van der Waals surface area contributed by atoms with E-state index in [4.69, 9.17) is 4.74 Å². The Labute approximate surface area is 208 Å². The summed E-state index contributed by atoms with van der Waals surface area (Å²) in [5, 5.41) is 3.50. The molecule has 3 aromatic carbocycles. The van der Waals surface area contributed by atoms with E-state index in [1.165, 1.54) is 40.2 Å². The Balaban J connectivity index is 1.62. The van der Waals surface area contributed by atoms with Crippen molar-refractivity contribution >= 4 is 35.1 Å². The van der Waals surface area contributed by atoms with E-state index >= 15 is 0 Å².